The number of benzene rings is 4. The number of phenols is 2. The summed E-state index contributed by atoms with van der Waals surface area (Å²) < 4.78 is 24.7. The van der Waals surface area contributed by atoms with Crippen LogP contribution in [0, 0.1) is 29.6 Å². The predicted molar refractivity (Wildman–Crippen MR) is 223 cm³/mol. The fourth-order valence-electron chi connectivity index (χ4n) is 10.9. The van der Waals surface area contributed by atoms with Crippen molar-refractivity contribution in [3.63, 3.8) is 0 Å². The predicted octanol–water partition coefficient (Wildman–Crippen LogP) is 6.88. The van der Waals surface area contributed by atoms with Gasteiger partial charge in [0.1, 0.15) is 30.0 Å². The van der Waals surface area contributed by atoms with Crippen LogP contribution < -0.4 is 25.3 Å². The van der Waals surface area contributed by atoms with Crippen LogP contribution in [-0.4, -0.2) is 54.9 Å². The molecule has 1 spiro atoms. The number of phenolic OH excluding ortho intramolecular Hbond substituents is 2. The summed E-state index contributed by atoms with van der Waals surface area (Å²) in [6.45, 7) is 1.46. The van der Waals surface area contributed by atoms with E-state index in [1.54, 1.807) is 19.2 Å². The maximum atomic E-state index is 12.4. The van der Waals surface area contributed by atoms with Crippen LogP contribution in [0.3, 0.4) is 0 Å². The minimum Gasteiger partial charge on any atom is -0.508 e. The second-order valence-electron chi connectivity index (χ2n) is 16.7. The molecule has 7 atom stereocenters. The highest BCUT2D eigenvalue weighted by atomic mass is 16.5. The summed E-state index contributed by atoms with van der Waals surface area (Å²) in [5.74, 6) is 7.72. The number of aliphatic hydroxyl groups excluding tert-OH is 1. The number of methoxy groups -OCH3 is 2. The normalized spacial score (nSPS) is 25.1. The first-order valence-electron chi connectivity index (χ1n) is 20.5. The van der Waals surface area contributed by atoms with Gasteiger partial charge < -0.3 is 45.3 Å². The summed E-state index contributed by atoms with van der Waals surface area (Å²) >= 11 is 0. The molecular weight excluding hydrogens is 745 g/mol. The quantitative estimate of drug-likeness (QED) is 0.0943. The van der Waals surface area contributed by atoms with Gasteiger partial charge in [-0.15, -0.1) is 0 Å². The number of ether oxygens (including phenoxy) is 4. The Kier molecular flexibility index (Phi) is 10.1. The van der Waals surface area contributed by atoms with Crippen molar-refractivity contribution >= 4 is 5.97 Å². The zero-order valence-electron chi connectivity index (χ0n) is 33.6. The molecule has 10 heteroatoms. The number of aromatic hydroxyl groups is 2. The molecule has 2 aliphatic carbocycles. The number of hydrogen-bond acceptors (Lipinski definition) is 10. The average Bonchev–Trinajstić information content (AvgIpc) is 3.81. The second-order valence-corrected chi connectivity index (χ2v) is 16.7. The highest BCUT2D eigenvalue weighted by molar-refractivity contribution is 5.84. The molecule has 3 heterocycles. The van der Waals surface area contributed by atoms with Gasteiger partial charge >= 0.3 is 5.97 Å². The van der Waals surface area contributed by atoms with E-state index in [2.05, 4.69) is 47.5 Å². The van der Waals surface area contributed by atoms with Gasteiger partial charge in [0.25, 0.3) is 0 Å². The zero-order valence-corrected chi connectivity index (χ0v) is 33.6. The summed E-state index contributed by atoms with van der Waals surface area (Å²) in [5.41, 5.74) is 15.4. The second kappa shape index (κ2) is 15.4. The van der Waals surface area contributed by atoms with E-state index in [9.17, 15) is 20.1 Å². The highest BCUT2D eigenvalue weighted by Crippen LogP contribution is 2.63. The van der Waals surface area contributed by atoms with Crippen molar-refractivity contribution in [3.8, 4) is 51.7 Å². The molecule has 3 aliphatic heterocycles. The Morgan fingerprint density at radius 1 is 1.03 bits per heavy atom. The number of esters is 1. The van der Waals surface area contributed by atoms with Gasteiger partial charge in [-0.25, -0.2) is 0 Å². The summed E-state index contributed by atoms with van der Waals surface area (Å²) in [7, 11) is 3.14. The monoisotopic (exact) mass is 794 g/mol. The van der Waals surface area contributed by atoms with Crippen molar-refractivity contribution < 1.29 is 39.1 Å². The fraction of sp³-hybridized carbons (Fsp3) is 0.367. The number of nitrogens with two attached hydrogens (primary N) is 1. The molecule has 1 saturated carbocycles. The van der Waals surface area contributed by atoms with E-state index in [0.29, 0.717) is 24.3 Å². The van der Waals surface area contributed by atoms with E-state index in [0.717, 1.165) is 80.8 Å². The lowest BCUT2D eigenvalue weighted by atomic mass is 9.64. The van der Waals surface area contributed by atoms with E-state index in [1.165, 1.54) is 14.0 Å². The number of fused-ring (bicyclic) bond motifs is 6. The largest absolute Gasteiger partial charge is 0.508 e. The lowest BCUT2D eigenvalue weighted by Crippen LogP contribution is -2.40. The molecule has 1 fully saturated rings. The standard InChI is InChI=1S/C49H50N2O8/c1-27(53)58-26-38-34-12-13-36-45-31(19-33(54)21-42(45)57-3)24-49-17-16-30(23-49)44(32(25-52)18-28-8-5-4-6-9-28)35-14-15-43(50)51-39(35)11-7-10-29-20-40(55)41(56-2)22-37(29)47(38)59-48(34)46(36)49/h4-6,8-9,12-15,19-22,30,32,38,43-44,47,51-52,54-55H,10,16-18,23-26,50H2,1-3H3/t30-,32-,38-,43?,44-,47+,49+/m0/s1. The molecule has 4 aromatic rings. The number of carbonyl (C=O) groups is 1. The average molecular weight is 795 g/mol. The van der Waals surface area contributed by atoms with Crippen molar-refractivity contribution in [1.29, 1.82) is 0 Å². The van der Waals surface area contributed by atoms with Gasteiger partial charge in [-0.05, 0) is 108 Å². The van der Waals surface area contributed by atoms with E-state index < -0.39 is 23.7 Å². The highest BCUT2D eigenvalue weighted by Gasteiger charge is 2.53. The van der Waals surface area contributed by atoms with Crippen LogP contribution in [-0.2, 0) is 34.2 Å². The number of nitrogens with one attached hydrogen (secondary N) is 1. The van der Waals surface area contributed by atoms with Crippen LogP contribution in [0.4, 0.5) is 0 Å². The summed E-state index contributed by atoms with van der Waals surface area (Å²) in [4.78, 5) is 12.4. The first-order valence-corrected chi connectivity index (χ1v) is 20.5. The Morgan fingerprint density at radius 3 is 2.61 bits per heavy atom. The molecule has 4 aromatic carbocycles. The Morgan fingerprint density at radius 2 is 1.85 bits per heavy atom. The third-order valence-corrected chi connectivity index (χ3v) is 13.3. The number of aliphatic hydroxyl groups is 1. The minimum atomic E-state index is -0.610. The number of carbonyl (C=O) groups excluding carboxylic acids is 1. The topological polar surface area (TPSA) is 153 Å². The van der Waals surface area contributed by atoms with Crippen LogP contribution in [0.1, 0.15) is 71.6 Å². The van der Waals surface area contributed by atoms with Crippen molar-refractivity contribution in [1.82, 2.24) is 5.32 Å². The Balaban J connectivity index is 1.31. The summed E-state index contributed by atoms with van der Waals surface area (Å²) in [5, 5.41) is 37.0. The molecule has 5 aliphatic rings. The van der Waals surface area contributed by atoms with Crippen LogP contribution in [0.2, 0.25) is 0 Å². The van der Waals surface area contributed by atoms with Crippen LogP contribution in [0.25, 0.3) is 11.1 Å². The number of rotatable bonds is 8. The van der Waals surface area contributed by atoms with E-state index in [1.807, 2.05) is 36.4 Å². The van der Waals surface area contributed by atoms with Gasteiger partial charge in [0, 0.05) is 53.7 Å². The first kappa shape index (κ1) is 38.6. The lowest BCUT2D eigenvalue weighted by molar-refractivity contribution is -0.141. The Bertz CT molecular complexity index is 2450. The molecule has 1 unspecified atom stereocenters. The van der Waals surface area contributed by atoms with Crippen LogP contribution in [0.15, 0.2) is 90.2 Å². The number of allylic oxidation sites excluding steroid dienone is 3. The molecule has 0 saturated heterocycles. The van der Waals surface area contributed by atoms with E-state index in [4.69, 9.17) is 24.7 Å². The molecule has 10 nitrogen and oxygen atoms in total. The van der Waals surface area contributed by atoms with Crippen molar-refractivity contribution in [2.24, 2.45) is 23.5 Å². The molecular formula is C49H50N2O8. The van der Waals surface area contributed by atoms with Gasteiger partial charge in [0.05, 0.1) is 32.0 Å². The maximum Gasteiger partial charge on any atom is 0.302 e. The fourth-order valence-corrected chi connectivity index (χ4v) is 10.9. The van der Waals surface area contributed by atoms with Crippen molar-refractivity contribution in [3.05, 3.63) is 124 Å². The number of hydrogen-bond donors (Lipinski definition) is 5. The molecule has 0 aromatic heterocycles. The minimum absolute atomic E-state index is 0.0222. The van der Waals surface area contributed by atoms with Gasteiger partial charge in [-0.2, -0.15) is 0 Å². The molecule has 0 radical (unpaired) electrons. The molecule has 4 bridgehead atoms. The molecule has 6 N–H and O–H groups in total. The van der Waals surface area contributed by atoms with Gasteiger partial charge in [-0.1, -0.05) is 54.5 Å². The van der Waals surface area contributed by atoms with E-state index >= 15 is 0 Å². The van der Waals surface area contributed by atoms with Crippen molar-refractivity contribution in [2.45, 2.75) is 69.1 Å². The molecule has 0 amide bonds. The van der Waals surface area contributed by atoms with E-state index in [-0.39, 0.29) is 54.8 Å². The third-order valence-electron chi connectivity index (χ3n) is 13.3. The molecule has 304 valence electrons. The maximum absolute atomic E-state index is 12.4. The van der Waals surface area contributed by atoms with Crippen molar-refractivity contribution in [2.75, 3.05) is 27.4 Å². The number of dihydropyridines is 1. The summed E-state index contributed by atoms with van der Waals surface area (Å²) in [6, 6.07) is 21.5. The lowest BCUT2D eigenvalue weighted by Gasteiger charge is -2.40. The third kappa shape index (κ3) is 6.76. The first-order chi connectivity index (χ1) is 28.6. The molecule has 59 heavy (non-hydrogen) atoms. The Hall–Kier alpha value is -5.89. The molecule has 9 rings (SSSR count). The summed E-state index contributed by atoms with van der Waals surface area (Å²) in [6.07, 6.45) is 7.05. The van der Waals surface area contributed by atoms with Gasteiger partial charge in [-0.3, -0.25) is 4.79 Å². The SMILES string of the molecule is COc1cc2c(cc1O)CC#CC1=C(C=CC(N)N1)[C@H]([C@H](CO)Cc1ccccc1)[C@H]1CC[C@]3(Cc4cc(O)cc(OC)c4-c4ccc5c(c43)O[C@H]2[C@H]5COC(C)=O)C1. The Labute approximate surface area is 344 Å². The van der Waals surface area contributed by atoms with Gasteiger partial charge in [0.2, 0.25) is 0 Å². The zero-order chi connectivity index (χ0) is 41.0. The van der Waals surface area contributed by atoms with Crippen LogP contribution >= 0.6 is 0 Å². The smallest absolute Gasteiger partial charge is 0.302 e. The van der Waals surface area contributed by atoms with Crippen LogP contribution in [0.5, 0.6) is 28.7 Å². The van der Waals surface area contributed by atoms with Gasteiger partial charge in [0.15, 0.2) is 11.5 Å².